The van der Waals surface area contributed by atoms with Crippen LogP contribution in [0.2, 0.25) is 0 Å². The number of methoxy groups -OCH3 is 1. The van der Waals surface area contributed by atoms with E-state index in [2.05, 4.69) is 0 Å². The van der Waals surface area contributed by atoms with Crippen LogP contribution in [0, 0.1) is 10.1 Å². The molecule has 3 rings (SSSR count). The number of nitro groups is 1. The summed E-state index contributed by atoms with van der Waals surface area (Å²) in [7, 11) is 3.14. The second kappa shape index (κ2) is 9.56. The van der Waals surface area contributed by atoms with E-state index in [9.17, 15) is 14.9 Å². The van der Waals surface area contributed by atoms with E-state index < -0.39 is 4.92 Å². The number of non-ortho nitro benzene ring substituents is 1. The normalized spacial score (nSPS) is 10.5. The van der Waals surface area contributed by atoms with E-state index in [1.165, 1.54) is 25.3 Å². The molecule has 0 aromatic heterocycles. The molecule has 3 aromatic carbocycles. The molecule has 0 bridgehead atoms. The van der Waals surface area contributed by atoms with Gasteiger partial charge in [0.05, 0.1) is 24.1 Å². The van der Waals surface area contributed by atoms with Gasteiger partial charge in [0.2, 0.25) is 0 Å². The van der Waals surface area contributed by atoms with Crippen molar-refractivity contribution in [3.05, 3.63) is 100 Å². The summed E-state index contributed by atoms with van der Waals surface area (Å²) >= 11 is 0. The first-order valence-electron chi connectivity index (χ1n) is 9.32. The van der Waals surface area contributed by atoms with E-state index in [-0.39, 0.29) is 30.0 Å². The lowest BCUT2D eigenvalue weighted by atomic mass is 9.97. The molecule has 0 fully saturated rings. The number of carbonyl (C=O) groups excluding carboxylic acids is 1. The van der Waals surface area contributed by atoms with Crippen molar-refractivity contribution in [2.24, 2.45) is 0 Å². The Morgan fingerprint density at radius 3 is 2.03 bits per heavy atom. The summed E-state index contributed by atoms with van der Waals surface area (Å²) in [4.78, 5) is 25.1. The molecule has 0 aliphatic heterocycles. The van der Waals surface area contributed by atoms with Crippen LogP contribution >= 0.6 is 0 Å². The van der Waals surface area contributed by atoms with E-state index in [4.69, 9.17) is 9.47 Å². The Bertz CT molecular complexity index is 969. The van der Waals surface area contributed by atoms with Crippen molar-refractivity contribution >= 4 is 11.6 Å². The number of rotatable bonds is 8. The van der Waals surface area contributed by atoms with Gasteiger partial charge < -0.3 is 14.4 Å². The SMILES string of the molecule is COc1ccc([N+](=O)[O-])cc1OCC(=O)N(C)C(c1ccccc1)c1ccccc1. The minimum Gasteiger partial charge on any atom is -0.493 e. The molecule has 0 radical (unpaired) electrons. The van der Waals surface area contributed by atoms with Crippen LogP contribution in [0.3, 0.4) is 0 Å². The first-order valence-corrected chi connectivity index (χ1v) is 9.32. The number of ether oxygens (including phenoxy) is 2. The minimum absolute atomic E-state index is 0.141. The molecule has 7 heteroatoms. The molecule has 0 heterocycles. The lowest BCUT2D eigenvalue weighted by molar-refractivity contribution is -0.385. The van der Waals surface area contributed by atoms with Gasteiger partial charge in [-0.05, 0) is 17.2 Å². The van der Waals surface area contributed by atoms with E-state index in [1.54, 1.807) is 11.9 Å². The summed E-state index contributed by atoms with van der Waals surface area (Å²) in [6.07, 6.45) is 0. The maximum absolute atomic E-state index is 12.9. The van der Waals surface area contributed by atoms with Gasteiger partial charge in [0.1, 0.15) is 0 Å². The third-order valence-electron chi connectivity index (χ3n) is 4.72. The second-order valence-electron chi connectivity index (χ2n) is 6.61. The summed E-state index contributed by atoms with van der Waals surface area (Å²) in [6, 6.07) is 23.1. The molecule has 0 N–H and O–H groups in total. The zero-order valence-corrected chi connectivity index (χ0v) is 16.7. The van der Waals surface area contributed by atoms with Crippen LogP contribution in [0.1, 0.15) is 17.2 Å². The quantitative estimate of drug-likeness (QED) is 0.413. The lowest BCUT2D eigenvalue weighted by Gasteiger charge is -2.29. The van der Waals surface area contributed by atoms with Gasteiger partial charge in [-0.15, -0.1) is 0 Å². The van der Waals surface area contributed by atoms with Crippen LogP contribution in [-0.4, -0.2) is 36.5 Å². The number of likely N-dealkylation sites (N-methyl/N-ethyl adjacent to an activating group) is 1. The van der Waals surface area contributed by atoms with Crippen molar-refractivity contribution in [2.45, 2.75) is 6.04 Å². The maximum Gasteiger partial charge on any atom is 0.273 e. The number of amides is 1. The van der Waals surface area contributed by atoms with Crippen LogP contribution in [0.5, 0.6) is 11.5 Å². The highest BCUT2D eigenvalue weighted by atomic mass is 16.6. The van der Waals surface area contributed by atoms with Crippen LogP contribution in [0.4, 0.5) is 5.69 Å². The molecule has 0 aliphatic rings. The third-order valence-corrected chi connectivity index (χ3v) is 4.72. The molecule has 0 saturated heterocycles. The Morgan fingerprint density at radius 1 is 0.967 bits per heavy atom. The third kappa shape index (κ3) is 4.75. The van der Waals surface area contributed by atoms with Crippen molar-refractivity contribution in [2.75, 3.05) is 20.8 Å². The monoisotopic (exact) mass is 406 g/mol. The molecular formula is C23H22N2O5. The Balaban J connectivity index is 1.82. The van der Waals surface area contributed by atoms with Gasteiger partial charge in [0, 0.05) is 13.1 Å². The van der Waals surface area contributed by atoms with Gasteiger partial charge in [0.15, 0.2) is 18.1 Å². The molecule has 0 spiro atoms. The molecule has 0 aliphatic carbocycles. The van der Waals surface area contributed by atoms with Gasteiger partial charge in [0.25, 0.3) is 11.6 Å². The molecule has 1 amide bonds. The Labute approximate surface area is 174 Å². The van der Waals surface area contributed by atoms with Crippen molar-refractivity contribution in [3.8, 4) is 11.5 Å². The zero-order valence-electron chi connectivity index (χ0n) is 16.7. The summed E-state index contributed by atoms with van der Waals surface area (Å²) in [5.41, 5.74) is 1.79. The minimum atomic E-state index is -0.527. The van der Waals surface area contributed by atoms with E-state index >= 15 is 0 Å². The highest BCUT2D eigenvalue weighted by molar-refractivity contribution is 5.78. The summed E-state index contributed by atoms with van der Waals surface area (Å²) in [6.45, 7) is -0.288. The van der Waals surface area contributed by atoms with E-state index in [1.807, 2.05) is 60.7 Å². The van der Waals surface area contributed by atoms with Gasteiger partial charge in [-0.25, -0.2) is 0 Å². The number of hydrogen-bond acceptors (Lipinski definition) is 5. The first-order chi connectivity index (χ1) is 14.5. The summed E-state index contributed by atoms with van der Waals surface area (Å²) in [5, 5.41) is 11.0. The van der Waals surface area contributed by atoms with Crippen molar-refractivity contribution in [1.29, 1.82) is 0 Å². The zero-order chi connectivity index (χ0) is 21.5. The summed E-state index contributed by atoms with van der Waals surface area (Å²) < 4.78 is 10.8. The highest BCUT2D eigenvalue weighted by Gasteiger charge is 2.24. The molecule has 30 heavy (non-hydrogen) atoms. The smallest absolute Gasteiger partial charge is 0.273 e. The number of benzene rings is 3. The largest absolute Gasteiger partial charge is 0.493 e. The van der Waals surface area contributed by atoms with Gasteiger partial charge in [-0.1, -0.05) is 60.7 Å². The van der Waals surface area contributed by atoms with Gasteiger partial charge in [-0.3, -0.25) is 14.9 Å². The van der Waals surface area contributed by atoms with Gasteiger partial charge >= 0.3 is 0 Å². The molecule has 3 aromatic rings. The molecule has 7 nitrogen and oxygen atoms in total. The van der Waals surface area contributed by atoms with Crippen LogP contribution < -0.4 is 9.47 Å². The highest BCUT2D eigenvalue weighted by Crippen LogP contribution is 2.32. The van der Waals surface area contributed by atoms with E-state index in [0.29, 0.717) is 5.75 Å². The lowest BCUT2D eigenvalue weighted by Crippen LogP contribution is -2.35. The number of nitrogens with zero attached hydrogens (tertiary/aromatic N) is 2. The van der Waals surface area contributed by atoms with Crippen LogP contribution in [-0.2, 0) is 4.79 Å². The van der Waals surface area contributed by atoms with E-state index in [0.717, 1.165) is 11.1 Å². The predicted molar refractivity (Wildman–Crippen MR) is 113 cm³/mol. The number of hydrogen-bond donors (Lipinski definition) is 0. The Kier molecular flexibility index (Phi) is 6.64. The molecule has 0 saturated carbocycles. The molecule has 154 valence electrons. The Hall–Kier alpha value is -3.87. The number of nitro benzene ring substituents is 1. The molecule has 0 unspecified atom stereocenters. The predicted octanol–water partition coefficient (Wildman–Crippen LogP) is 4.23. The van der Waals surface area contributed by atoms with Crippen LogP contribution in [0.25, 0.3) is 0 Å². The average Bonchev–Trinajstić information content (AvgIpc) is 2.78. The Morgan fingerprint density at radius 2 is 1.53 bits per heavy atom. The topological polar surface area (TPSA) is 81.9 Å². The standard InChI is InChI=1S/C23H22N2O5/c1-24(23(17-9-5-3-6-10-17)18-11-7-4-8-12-18)22(26)16-30-21-15-19(25(27)28)13-14-20(21)29-2/h3-15,23H,16H2,1-2H3. The van der Waals surface area contributed by atoms with Crippen molar-refractivity contribution in [1.82, 2.24) is 4.90 Å². The fraction of sp³-hybridized carbons (Fsp3) is 0.174. The molecular weight excluding hydrogens is 384 g/mol. The molecule has 0 atom stereocenters. The summed E-state index contributed by atoms with van der Waals surface area (Å²) in [5.74, 6) is 0.185. The van der Waals surface area contributed by atoms with Gasteiger partial charge in [-0.2, -0.15) is 0 Å². The van der Waals surface area contributed by atoms with Crippen molar-refractivity contribution in [3.63, 3.8) is 0 Å². The maximum atomic E-state index is 12.9. The van der Waals surface area contributed by atoms with Crippen LogP contribution in [0.15, 0.2) is 78.9 Å². The fourth-order valence-electron chi connectivity index (χ4n) is 3.19. The second-order valence-corrected chi connectivity index (χ2v) is 6.61. The number of carbonyl (C=O) groups is 1. The fourth-order valence-corrected chi connectivity index (χ4v) is 3.19. The van der Waals surface area contributed by atoms with Crippen molar-refractivity contribution < 1.29 is 19.2 Å². The first kappa shape index (κ1) is 20.9. The average molecular weight is 406 g/mol.